The lowest BCUT2D eigenvalue weighted by molar-refractivity contribution is -0.870. The Kier molecular flexibility index (Phi) is 48.1. The molecule has 0 bridgehead atoms. The zero-order chi connectivity index (χ0) is 49.2. The first-order valence-corrected chi connectivity index (χ1v) is 28.2. The van der Waals surface area contributed by atoms with E-state index in [1.54, 1.807) is 0 Å². The number of quaternary nitrogens is 1. The molecule has 1 N–H and O–H groups in total. The van der Waals surface area contributed by atoms with Gasteiger partial charge in [-0.3, -0.25) is 9.59 Å². The topological polar surface area (TPSA) is 108 Å². The molecular weight excluding hydrogens is 839 g/mol. The van der Waals surface area contributed by atoms with Crippen LogP contribution in [0.15, 0.2) is 36.5 Å². The van der Waals surface area contributed by atoms with Gasteiger partial charge in [-0.1, -0.05) is 211 Å². The highest BCUT2D eigenvalue weighted by atomic mass is 16.7. The van der Waals surface area contributed by atoms with Gasteiger partial charge in [0.1, 0.15) is 13.2 Å². The minimum Gasteiger partial charge on any atom is -0.477 e. The molecule has 0 aromatic rings. The largest absolute Gasteiger partial charge is 0.477 e. The minimum atomic E-state index is -1.51. The first kappa shape index (κ1) is 64.5. The number of esters is 2. The molecule has 9 heteroatoms. The third-order valence-corrected chi connectivity index (χ3v) is 12.4. The van der Waals surface area contributed by atoms with E-state index in [1.807, 2.05) is 21.1 Å². The maximum atomic E-state index is 12.8. The van der Waals surface area contributed by atoms with Gasteiger partial charge in [0.05, 0.1) is 34.4 Å². The third kappa shape index (κ3) is 51.2. The molecule has 0 aliphatic rings. The Morgan fingerprint density at radius 2 is 0.806 bits per heavy atom. The zero-order valence-electron chi connectivity index (χ0n) is 44.6. The number of carboxylic acid groups (broad SMARTS) is 1. The maximum Gasteiger partial charge on any atom is 0.361 e. The summed E-state index contributed by atoms with van der Waals surface area (Å²) in [5.74, 6) is -2.00. The molecule has 0 saturated heterocycles. The van der Waals surface area contributed by atoms with Gasteiger partial charge in [0.15, 0.2) is 6.10 Å². The number of hydrogen-bond acceptors (Lipinski definition) is 7. The Labute approximate surface area is 413 Å². The van der Waals surface area contributed by atoms with Gasteiger partial charge in [-0.2, -0.15) is 0 Å². The fourth-order valence-corrected chi connectivity index (χ4v) is 7.98. The van der Waals surface area contributed by atoms with E-state index in [9.17, 15) is 19.5 Å². The third-order valence-electron chi connectivity index (χ3n) is 12.4. The van der Waals surface area contributed by atoms with Crippen molar-refractivity contribution in [3.63, 3.8) is 0 Å². The molecule has 0 aromatic carbocycles. The number of carbonyl (C=O) groups excluding carboxylic acids is 2. The number of likely N-dealkylation sites (N-methyl/N-ethyl adjacent to an activating group) is 1. The smallest absolute Gasteiger partial charge is 0.361 e. The van der Waals surface area contributed by atoms with Crippen molar-refractivity contribution in [2.75, 3.05) is 47.5 Å². The summed E-state index contributed by atoms with van der Waals surface area (Å²) in [6.45, 7) is 4.87. The van der Waals surface area contributed by atoms with Gasteiger partial charge in [-0.05, 0) is 70.6 Å². The van der Waals surface area contributed by atoms with Gasteiger partial charge < -0.3 is 28.5 Å². The predicted molar refractivity (Wildman–Crippen MR) is 281 cm³/mol. The van der Waals surface area contributed by atoms with E-state index in [1.165, 1.54) is 173 Å². The van der Waals surface area contributed by atoms with E-state index in [-0.39, 0.29) is 32.2 Å². The molecule has 0 radical (unpaired) electrons. The zero-order valence-corrected chi connectivity index (χ0v) is 44.6. The van der Waals surface area contributed by atoms with Crippen molar-refractivity contribution in [3.8, 4) is 0 Å². The Morgan fingerprint density at radius 1 is 0.448 bits per heavy atom. The van der Waals surface area contributed by atoms with Gasteiger partial charge in [0.2, 0.25) is 0 Å². The number of rotatable bonds is 52. The van der Waals surface area contributed by atoms with Crippen LogP contribution in [0.3, 0.4) is 0 Å². The number of hydrogen-bond donors (Lipinski definition) is 1. The number of aliphatic carboxylic acids is 1. The summed E-state index contributed by atoms with van der Waals surface area (Å²) in [6.07, 6.45) is 56.4. The van der Waals surface area contributed by atoms with Crippen molar-refractivity contribution in [1.82, 2.24) is 0 Å². The molecule has 0 saturated carbocycles. The second-order valence-electron chi connectivity index (χ2n) is 20.2. The molecule has 0 spiro atoms. The number of carbonyl (C=O) groups is 3. The number of ether oxygens (including phenoxy) is 4. The predicted octanol–water partition coefficient (Wildman–Crippen LogP) is 16.1. The van der Waals surface area contributed by atoms with E-state index < -0.39 is 24.3 Å². The van der Waals surface area contributed by atoms with Crippen LogP contribution in [-0.4, -0.2) is 87.4 Å². The summed E-state index contributed by atoms with van der Waals surface area (Å²) in [7, 11) is 5.97. The van der Waals surface area contributed by atoms with Crippen LogP contribution in [0.1, 0.15) is 258 Å². The van der Waals surface area contributed by atoms with Crippen LogP contribution in [0, 0.1) is 0 Å². The molecule has 0 amide bonds. The monoisotopic (exact) mass is 947 g/mol. The molecule has 0 heterocycles. The first-order valence-electron chi connectivity index (χ1n) is 28.2. The molecule has 0 aromatic heterocycles. The summed E-state index contributed by atoms with van der Waals surface area (Å²) in [6, 6.07) is 0. The van der Waals surface area contributed by atoms with Gasteiger partial charge in [0.25, 0.3) is 6.29 Å². The molecule has 2 atom stereocenters. The molecule has 0 aliphatic carbocycles. The Morgan fingerprint density at radius 3 is 1.22 bits per heavy atom. The Balaban J connectivity index is 4.22. The van der Waals surface area contributed by atoms with E-state index in [0.717, 1.165) is 51.4 Å². The molecule has 9 nitrogen and oxygen atoms in total. The van der Waals surface area contributed by atoms with Crippen LogP contribution in [-0.2, 0) is 33.3 Å². The van der Waals surface area contributed by atoms with Crippen molar-refractivity contribution in [2.24, 2.45) is 0 Å². The number of allylic oxidation sites excluding steroid dienone is 6. The lowest BCUT2D eigenvalue weighted by Gasteiger charge is -2.25. The number of unbranched alkanes of at least 4 members (excludes halogenated alkanes) is 31. The van der Waals surface area contributed by atoms with Crippen LogP contribution < -0.4 is 0 Å². The maximum absolute atomic E-state index is 12.8. The van der Waals surface area contributed by atoms with Gasteiger partial charge in [0, 0.05) is 12.8 Å². The van der Waals surface area contributed by atoms with Gasteiger partial charge in [-0.25, -0.2) is 4.79 Å². The molecule has 392 valence electrons. The van der Waals surface area contributed by atoms with E-state index in [4.69, 9.17) is 18.9 Å². The molecule has 67 heavy (non-hydrogen) atoms. The average Bonchev–Trinajstić information content (AvgIpc) is 3.29. The highest BCUT2D eigenvalue weighted by Crippen LogP contribution is 2.16. The Bertz CT molecular complexity index is 1190. The molecule has 2 unspecified atom stereocenters. The number of nitrogens with zero attached hydrogens (tertiary/aromatic N) is 1. The highest BCUT2D eigenvalue weighted by molar-refractivity contribution is 5.71. The van der Waals surface area contributed by atoms with Crippen LogP contribution >= 0.6 is 0 Å². The van der Waals surface area contributed by atoms with Gasteiger partial charge in [-0.15, -0.1) is 0 Å². The summed E-state index contributed by atoms with van der Waals surface area (Å²) in [5.41, 5.74) is 0. The van der Waals surface area contributed by atoms with Crippen molar-refractivity contribution in [1.29, 1.82) is 0 Å². The Hall–Kier alpha value is -2.49. The second-order valence-corrected chi connectivity index (χ2v) is 20.2. The second kappa shape index (κ2) is 49.9. The minimum absolute atomic E-state index is 0.183. The molecule has 0 aliphatic heterocycles. The van der Waals surface area contributed by atoms with Crippen LogP contribution in [0.2, 0.25) is 0 Å². The van der Waals surface area contributed by atoms with Crippen LogP contribution in [0.25, 0.3) is 0 Å². The summed E-state index contributed by atoms with van der Waals surface area (Å²) in [4.78, 5) is 37.4. The van der Waals surface area contributed by atoms with E-state index in [2.05, 4.69) is 50.3 Å². The van der Waals surface area contributed by atoms with Crippen molar-refractivity contribution in [3.05, 3.63) is 36.5 Å². The van der Waals surface area contributed by atoms with Crippen LogP contribution in [0.5, 0.6) is 0 Å². The first-order chi connectivity index (χ1) is 32.6. The van der Waals surface area contributed by atoms with Gasteiger partial charge >= 0.3 is 17.9 Å². The van der Waals surface area contributed by atoms with E-state index >= 15 is 0 Å². The standard InChI is InChI=1S/C58H107NO8/c1-6-8-10-12-14-16-18-20-22-24-25-26-27-28-29-30-31-33-34-36-38-40-42-44-46-48-55(60)65-52-54(53-66-58(57(62)63)64-51-50-59(3,4)5)67-56(61)49-47-45-43-41-39-37-35-32-23-21-19-17-15-13-11-9-7-2/h15,17,21,23-25,54,58H,6-14,16,18-20,22,26-53H2,1-5H3/p+1/b17-15-,23-21-,25-24-. The van der Waals surface area contributed by atoms with Crippen molar-refractivity contribution >= 4 is 17.9 Å². The highest BCUT2D eigenvalue weighted by Gasteiger charge is 2.25. The normalized spacial score (nSPS) is 13.0. The van der Waals surface area contributed by atoms with E-state index in [0.29, 0.717) is 23.9 Å². The quantitative estimate of drug-likeness (QED) is 0.0211. The lowest BCUT2D eigenvalue weighted by atomic mass is 10.0. The fraction of sp³-hybridized carbons (Fsp3) is 0.845. The fourth-order valence-electron chi connectivity index (χ4n) is 7.98. The lowest BCUT2D eigenvalue weighted by Crippen LogP contribution is -2.40. The average molecular weight is 948 g/mol. The molecule has 0 fully saturated rings. The van der Waals surface area contributed by atoms with Crippen molar-refractivity contribution < 1.29 is 42.9 Å². The molecule has 0 rings (SSSR count). The van der Waals surface area contributed by atoms with Crippen molar-refractivity contribution in [2.45, 2.75) is 270 Å². The number of carboxylic acids is 1. The molecular formula is C58H108NO8+. The summed E-state index contributed by atoms with van der Waals surface area (Å²) < 4.78 is 22.9. The van der Waals surface area contributed by atoms with Crippen LogP contribution in [0.4, 0.5) is 0 Å². The SMILES string of the molecule is CCCCC/C=C\C/C=C\CCCCCCCCCC(=O)OC(COC(=O)CCCCCCCCCCCCCCC/C=C\CCCCCCCCCC)COC(OCC[N+](C)(C)C)C(=O)O. The summed E-state index contributed by atoms with van der Waals surface area (Å²) in [5, 5.41) is 9.69. The summed E-state index contributed by atoms with van der Waals surface area (Å²) >= 11 is 0.